The second-order valence-corrected chi connectivity index (χ2v) is 27.3. The molecule has 1 aromatic rings. The summed E-state index contributed by atoms with van der Waals surface area (Å²) in [6.07, 6.45) is 6.60. The van der Waals surface area contributed by atoms with Crippen LogP contribution >= 0.6 is 23.5 Å². The van der Waals surface area contributed by atoms with Gasteiger partial charge in [0.1, 0.15) is 0 Å². The average Bonchev–Trinajstić information content (AvgIpc) is 2.87. The van der Waals surface area contributed by atoms with E-state index >= 15 is 0 Å². The summed E-state index contributed by atoms with van der Waals surface area (Å²) in [6, 6.07) is 10.6. The monoisotopic (exact) mass is 624 g/mol. The highest BCUT2D eigenvalue weighted by atomic mass is 32.2. The Labute approximate surface area is 258 Å². The van der Waals surface area contributed by atoms with Crippen molar-refractivity contribution in [2.75, 3.05) is 18.1 Å². The second-order valence-electron chi connectivity index (χ2n) is 14.6. The van der Waals surface area contributed by atoms with Gasteiger partial charge < -0.3 is 13.6 Å². The summed E-state index contributed by atoms with van der Waals surface area (Å²) < 4.78 is 20.4. The Bertz CT molecular complexity index is 887. The lowest BCUT2D eigenvalue weighted by atomic mass is 9.94. The second kappa shape index (κ2) is 15.1. The van der Waals surface area contributed by atoms with Crippen LogP contribution in [-0.4, -0.2) is 51.0 Å². The molecule has 0 unspecified atom stereocenters. The molecule has 0 aromatic heterocycles. The molecule has 0 spiro atoms. The Balaban J connectivity index is 2.24. The molecule has 0 aliphatic carbocycles. The molecule has 1 heterocycles. The summed E-state index contributed by atoms with van der Waals surface area (Å²) in [5, 5.41) is 0.397. The largest absolute Gasteiger partial charge is 0.417 e. The molecule has 0 bridgehead atoms. The van der Waals surface area contributed by atoms with Gasteiger partial charge in [-0.25, -0.2) is 0 Å². The van der Waals surface area contributed by atoms with Gasteiger partial charge in [-0.05, 0) is 79.0 Å². The van der Waals surface area contributed by atoms with Crippen molar-refractivity contribution >= 4 is 40.2 Å². The van der Waals surface area contributed by atoms with Crippen LogP contribution in [0.15, 0.2) is 43.0 Å². The molecule has 1 aliphatic rings. The number of hydrogen-bond acceptors (Lipinski definition) is 5. The maximum absolute atomic E-state index is 7.01. The van der Waals surface area contributed by atoms with E-state index in [2.05, 4.69) is 141 Å². The molecular weight excluding hydrogens is 565 g/mol. The maximum atomic E-state index is 7.01. The van der Waals surface area contributed by atoms with Gasteiger partial charge in [-0.1, -0.05) is 84.9 Å². The minimum Gasteiger partial charge on any atom is -0.417 e. The Morgan fingerprint density at radius 3 is 2.05 bits per heavy atom. The molecule has 7 heteroatoms. The van der Waals surface area contributed by atoms with Gasteiger partial charge in [-0.3, -0.25) is 0 Å². The van der Waals surface area contributed by atoms with Crippen LogP contribution in [0.5, 0.6) is 0 Å². The van der Waals surface area contributed by atoms with Gasteiger partial charge in [0.25, 0.3) is 0 Å². The Morgan fingerprint density at radius 1 is 0.950 bits per heavy atom. The average molecular weight is 625 g/mol. The highest BCUT2D eigenvalue weighted by molar-refractivity contribution is 8.18. The van der Waals surface area contributed by atoms with Crippen molar-refractivity contribution in [1.29, 1.82) is 0 Å². The molecule has 1 fully saturated rings. The van der Waals surface area contributed by atoms with Crippen LogP contribution in [0.1, 0.15) is 79.7 Å². The van der Waals surface area contributed by atoms with E-state index in [1.54, 1.807) is 0 Å². The highest BCUT2D eigenvalue weighted by Gasteiger charge is 2.47. The van der Waals surface area contributed by atoms with Crippen LogP contribution in [0.4, 0.5) is 0 Å². The number of hydrogen-bond donors (Lipinski definition) is 0. The van der Waals surface area contributed by atoms with Crippen molar-refractivity contribution in [3.05, 3.63) is 48.6 Å². The molecule has 3 atom stereocenters. The molecule has 1 saturated heterocycles. The van der Waals surface area contributed by atoms with E-state index in [0.29, 0.717) is 12.5 Å². The van der Waals surface area contributed by atoms with E-state index in [9.17, 15) is 0 Å². The third-order valence-corrected chi connectivity index (χ3v) is 22.2. The third-order valence-electron chi connectivity index (χ3n) is 9.42. The molecule has 0 N–H and O–H groups in total. The first-order chi connectivity index (χ1) is 18.4. The number of benzene rings is 1. The minimum atomic E-state index is -1.94. The Kier molecular flexibility index (Phi) is 13.7. The van der Waals surface area contributed by atoms with Crippen LogP contribution < -0.4 is 0 Å². The number of ether oxygens (including phenoxy) is 1. The van der Waals surface area contributed by atoms with Gasteiger partial charge in [0.05, 0.1) is 22.9 Å². The summed E-state index contributed by atoms with van der Waals surface area (Å²) in [6.45, 7) is 31.5. The lowest BCUT2D eigenvalue weighted by molar-refractivity contribution is 0.0177. The molecule has 3 nitrogen and oxygen atoms in total. The summed E-state index contributed by atoms with van der Waals surface area (Å²) in [5.41, 5.74) is 1.24. The third kappa shape index (κ3) is 10.3. The fourth-order valence-corrected chi connectivity index (χ4v) is 10.6. The standard InChI is InChI=1S/C33H60O3S2Si2/c1-13-30(36-40(11,12)32(6,7)8)27(2)33(37-23-18-24-38-33)25-29(34-26-28-19-15-14-16-20-28)21-17-22-35-39(9,10)31(3,4)5/h13-16,19-20,27,29-30H,1,17-18,21-26H2,2-12H3/t27-,29+,30+/m1/s1. The predicted octanol–water partition coefficient (Wildman–Crippen LogP) is 10.5. The van der Waals surface area contributed by atoms with Crippen LogP contribution in [-0.2, 0) is 20.2 Å². The molecule has 230 valence electrons. The summed E-state index contributed by atoms with van der Waals surface area (Å²) in [5.74, 6) is 2.73. The molecule has 40 heavy (non-hydrogen) atoms. The first-order valence-corrected chi connectivity index (χ1v) is 23.1. The van der Waals surface area contributed by atoms with E-state index in [4.69, 9.17) is 13.6 Å². The maximum Gasteiger partial charge on any atom is 0.192 e. The Hall–Kier alpha value is -0.0262. The summed E-state index contributed by atoms with van der Waals surface area (Å²) in [4.78, 5) is 0. The smallest absolute Gasteiger partial charge is 0.192 e. The first-order valence-electron chi connectivity index (χ1n) is 15.3. The van der Waals surface area contributed by atoms with Crippen LogP contribution in [0.2, 0.25) is 36.3 Å². The topological polar surface area (TPSA) is 27.7 Å². The molecule has 0 amide bonds. The highest BCUT2D eigenvalue weighted by Crippen LogP contribution is 2.53. The van der Waals surface area contributed by atoms with E-state index in [-0.39, 0.29) is 26.4 Å². The fraction of sp³-hybridized carbons (Fsp3) is 0.758. The van der Waals surface area contributed by atoms with Crippen molar-refractivity contribution in [1.82, 2.24) is 0 Å². The zero-order chi connectivity index (χ0) is 30.2. The van der Waals surface area contributed by atoms with Gasteiger partial charge in [0.2, 0.25) is 0 Å². The van der Waals surface area contributed by atoms with Crippen molar-refractivity contribution in [2.45, 2.75) is 133 Å². The first kappa shape index (κ1) is 36.2. The molecule has 1 aromatic carbocycles. The molecule has 0 radical (unpaired) electrons. The van der Waals surface area contributed by atoms with Gasteiger partial charge in [-0.15, -0.1) is 30.1 Å². The normalized spacial score (nSPS) is 19.2. The zero-order valence-electron chi connectivity index (χ0n) is 27.6. The van der Waals surface area contributed by atoms with Gasteiger partial charge in [0, 0.05) is 12.5 Å². The van der Waals surface area contributed by atoms with Crippen LogP contribution in [0.25, 0.3) is 0 Å². The van der Waals surface area contributed by atoms with Gasteiger partial charge in [-0.2, -0.15) is 0 Å². The van der Waals surface area contributed by atoms with Gasteiger partial charge in [0.15, 0.2) is 16.6 Å². The number of rotatable bonds is 15. The molecule has 0 saturated carbocycles. The lowest BCUT2D eigenvalue weighted by Crippen LogP contribution is -2.49. The quantitative estimate of drug-likeness (QED) is 0.110. The summed E-state index contributed by atoms with van der Waals surface area (Å²) >= 11 is 4.28. The minimum absolute atomic E-state index is 0.0377. The predicted molar refractivity (Wildman–Crippen MR) is 186 cm³/mol. The van der Waals surface area contributed by atoms with Crippen LogP contribution in [0.3, 0.4) is 0 Å². The van der Waals surface area contributed by atoms with Crippen molar-refractivity contribution < 1.29 is 13.6 Å². The van der Waals surface area contributed by atoms with Crippen LogP contribution in [0, 0.1) is 5.92 Å². The van der Waals surface area contributed by atoms with E-state index < -0.39 is 16.6 Å². The molecule has 1 aliphatic heterocycles. The molecular formula is C33H60O3S2Si2. The lowest BCUT2D eigenvalue weighted by Gasteiger charge is -2.48. The van der Waals surface area contributed by atoms with E-state index in [1.165, 1.54) is 23.5 Å². The van der Waals surface area contributed by atoms with Crippen molar-refractivity contribution in [3.63, 3.8) is 0 Å². The van der Waals surface area contributed by atoms with Crippen molar-refractivity contribution in [2.24, 2.45) is 5.92 Å². The zero-order valence-corrected chi connectivity index (χ0v) is 31.2. The fourth-order valence-electron chi connectivity index (χ4n) is 4.48. The number of thioether (sulfide) groups is 2. The van der Waals surface area contributed by atoms with Crippen molar-refractivity contribution in [3.8, 4) is 0 Å². The van der Waals surface area contributed by atoms with Gasteiger partial charge >= 0.3 is 0 Å². The van der Waals surface area contributed by atoms with E-state index in [0.717, 1.165) is 25.9 Å². The SMILES string of the molecule is C=C[C@H](O[Si](C)(C)C(C)(C)C)[C@@H](C)C1(C[C@H](CCCO[Si](C)(C)C(C)(C)C)OCc2ccccc2)SCCCS1. The molecule has 2 rings (SSSR count). The van der Waals surface area contributed by atoms with E-state index in [1.807, 2.05) is 0 Å². The Morgan fingerprint density at radius 2 is 1.52 bits per heavy atom. The summed E-state index contributed by atoms with van der Waals surface area (Å²) in [7, 11) is -3.69.